The number of nitrogens with one attached hydrogen (secondary N) is 4. The molecular formula is C9H18N6O3. The molecule has 0 spiro atoms. The van der Waals surface area contributed by atoms with Crippen molar-refractivity contribution in [1.29, 1.82) is 0 Å². The molecule has 102 valence electrons. The zero-order valence-corrected chi connectivity index (χ0v) is 10.8. The predicted octanol–water partition coefficient (Wildman–Crippen LogP) is -1.51. The number of carbonyl (C=O) groups is 3. The van der Waals surface area contributed by atoms with E-state index in [1.165, 1.54) is 23.9 Å². The van der Waals surface area contributed by atoms with Crippen LogP contribution in [-0.2, 0) is 0 Å². The molecule has 0 unspecified atom stereocenters. The van der Waals surface area contributed by atoms with Gasteiger partial charge < -0.3 is 31.1 Å². The van der Waals surface area contributed by atoms with Gasteiger partial charge in [-0.05, 0) is 0 Å². The lowest BCUT2D eigenvalue weighted by Crippen LogP contribution is -2.58. The Bertz CT molecular complexity index is 328. The fourth-order valence-electron chi connectivity index (χ4n) is 1.67. The number of likely N-dealkylation sites (N-methyl/N-ethyl adjacent to an activating group) is 2. The number of hydrogen-bond acceptors (Lipinski definition) is 3. The number of hydrogen-bond donors (Lipinski definition) is 4. The molecule has 2 atom stereocenters. The number of amides is 6. The highest BCUT2D eigenvalue weighted by atomic mass is 16.2. The van der Waals surface area contributed by atoms with Crippen molar-refractivity contribution in [3.63, 3.8) is 0 Å². The second kappa shape index (κ2) is 5.43. The fraction of sp³-hybridized carbons (Fsp3) is 0.667. The Morgan fingerprint density at radius 1 is 0.944 bits per heavy atom. The highest BCUT2D eigenvalue weighted by molar-refractivity contribution is 5.82. The largest absolute Gasteiger partial charge is 0.341 e. The van der Waals surface area contributed by atoms with Crippen molar-refractivity contribution < 1.29 is 14.4 Å². The molecule has 1 rings (SSSR count). The Morgan fingerprint density at radius 2 is 1.28 bits per heavy atom. The summed E-state index contributed by atoms with van der Waals surface area (Å²) < 4.78 is 0. The van der Waals surface area contributed by atoms with Gasteiger partial charge in [-0.1, -0.05) is 0 Å². The molecule has 0 aromatic carbocycles. The Hall–Kier alpha value is -2.19. The van der Waals surface area contributed by atoms with Crippen LogP contribution in [0.15, 0.2) is 0 Å². The number of urea groups is 3. The van der Waals surface area contributed by atoms with Gasteiger partial charge in [0.2, 0.25) is 0 Å². The zero-order chi connectivity index (χ0) is 13.9. The van der Waals surface area contributed by atoms with Gasteiger partial charge in [0.15, 0.2) is 0 Å². The summed E-state index contributed by atoms with van der Waals surface area (Å²) in [6.07, 6.45) is -1.28. The average molecular weight is 258 g/mol. The molecule has 0 radical (unpaired) electrons. The van der Waals surface area contributed by atoms with Crippen LogP contribution in [-0.4, -0.2) is 68.4 Å². The van der Waals surface area contributed by atoms with Crippen molar-refractivity contribution in [3.05, 3.63) is 0 Å². The number of rotatable bonds is 2. The molecule has 1 aliphatic heterocycles. The van der Waals surface area contributed by atoms with Gasteiger partial charge in [-0.2, -0.15) is 0 Å². The molecule has 18 heavy (non-hydrogen) atoms. The first-order valence-corrected chi connectivity index (χ1v) is 5.38. The van der Waals surface area contributed by atoms with Crippen LogP contribution in [0.4, 0.5) is 14.4 Å². The summed E-state index contributed by atoms with van der Waals surface area (Å²) in [5, 5.41) is 9.97. The maximum atomic E-state index is 11.8. The third kappa shape index (κ3) is 2.55. The van der Waals surface area contributed by atoms with Crippen LogP contribution in [0.5, 0.6) is 0 Å². The van der Waals surface area contributed by atoms with Crippen molar-refractivity contribution in [2.24, 2.45) is 0 Å². The molecule has 9 nitrogen and oxygen atoms in total. The van der Waals surface area contributed by atoms with Crippen LogP contribution in [0.3, 0.4) is 0 Å². The van der Waals surface area contributed by atoms with E-state index in [0.717, 1.165) is 0 Å². The average Bonchev–Trinajstić information content (AvgIpc) is 2.56. The first-order valence-electron chi connectivity index (χ1n) is 5.38. The topological polar surface area (TPSA) is 106 Å². The smallest absolute Gasteiger partial charge is 0.323 e. The molecule has 1 saturated heterocycles. The normalized spacial score (nSPS) is 22.8. The maximum Gasteiger partial charge on any atom is 0.323 e. The van der Waals surface area contributed by atoms with E-state index in [4.69, 9.17) is 0 Å². The van der Waals surface area contributed by atoms with E-state index in [0.29, 0.717) is 0 Å². The van der Waals surface area contributed by atoms with Crippen LogP contribution in [0, 0.1) is 0 Å². The summed E-state index contributed by atoms with van der Waals surface area (Å²) in [6.45, 7) is 0. The van der Waals surface area contributed by atoms with Crippen molar-refractivity contribution in [1.82, 2.24) is 31.1 Å². The first-order chi connectivity index (χ1) is 8.42. The zero-order valence-electron chi connectivity index (χ0n) is 10.8. The van der Waals surface area contributed by atoms with Gasteiger partial charge in [-0.25, -0.2) is 14.4 Å². The molecule has 0 bridgehead atoms. The van der Waals surface area contributed by atoms with Crippen LogP contribution < -0.4 is 21.3 Å². The van der Waals surface area contributed by atoms with Crippen LogP contribution in [0.2, 0.25) is 0 Å². The minimum absolute atomic E-state index is 0.294. The summed E-state index contributed by atoms with van der Waals surface area (Å²) in [4.78, 5) is 37.1. The molecule has 9 heteroatoms. The monoisotopic (exact) mass is 258 g/mol. The lowest BCUT2D eigenvalue weighted by atomic mass is 10.3. The minimum Gasteiger partial charge on any atom is -0.341 e. The Balaban J connectivity index is 2.84. The third-order valence-corrected chi connectivity index (χ3v) is 2.75. The first kappa shape index (κ1) is 13.9. The van der Waals surface area contributed by atoms with E-state index in [9.17, 15) is 14.4 Å². The Morgan fingerprint density at radius 3 is 1.56 bits per heavy atom. The van der Waals surface area contributed by atoms with Crippen molar-refractivity contribution in [2.45, 2.75) is 12.3 Å². The minimum atomic E-state index is -0.639. The molecule has 1 aliphatic rings. The predicted molar refractivity (Wildman–Crippen MR) is 63.7 cm³/mol. The second-order valence-electron chi connectivity index (χ2n) is 3.84. The summed E-state index contributed by atoms with van der Waals surface area (Å²) in [7, 11) is 6.03. The number of nitrogens with zero attached hydrogens (tertiary/aromatic N) is 2. The van der Waals surface area contributed by atoms with Crippen molar-refractivity contribution >= 4 is 18.1 Å². The summed E-state index contributed by atoms with van der Waals surface area (Å²) in [6, 6.07) is -1.16. The maximum absolute atomic E-state index is 11.8. The molecule has 1 heterocycles. The summed E-state index contributed by atoms with van der Waals surface area (Å²) in [5.74, 6) is 0. The van der Waals surface area contributed by atoms with E-state index >= 15 is 0 Å². The van der Waals surface area contributed by atoms with Gasteiger partial charge in [-0.3, -0.25) is 0 Å². The summed E-state index contributed by atoms with van der Waals surface area (Å²) in [5.41, 5.74) is 0. The third-order valence-electron chi connectivity index (χ3n) is 2.75. The molecule has 0 saturated carbocycles. The lowest BCUT2D eigenvalue weighted by molar-refractivity contribution is 0.195. The SMILES string of the molecule is CNC(=O)N[C@@H]1[C@H](NC(=O)NC)N(C)C(=O)N1C. The van der Waals surface area contributed by atoms with E-state index in [2.05, 4.69) is 21.3 Å². The molecule has 0 aromatic rings. The summed E-state index contributed by atoms with van der Waals surface area (Å²) >= 11 is 0. The van der Waals surface area contributed by atoms with Gasteiger partial charge in [0.05, 0.1) is 0 Å². The van der Waals surface area contributed by atoms with E-state index in [1.807, 2.05) is 0 Å². The lowest BCUT2D eigenvalue weighted by Gasteiger charge is -2.26. The molecule has 0 aromatic heterocycles. The second-order valence-corrected chi connectivity index (χ2v) is 3.84. The molecule has 4 N–H and O–H groups in total. The Labute approximate surface area is 105 Å². The molecular weight excluding hydrogens is 240 g/mol. The van der Waals surface area contributed by atoms with Gasteiger partial charge >= 0.3 is 18.1 Å². The Kier molecular flexibility index (Phi) is 4.18. The quantitative estimate of drug-likeness (QED) is 0.484. The molecule has 6 amide bonds. The molecule has 0 aliphatic carbocycles. The van der Waals surface area contributed by atoms with Gasteiger partial charge in [0.1, 0.15) is 12.3 Å². The fourth-order valence-corrected chi connectivity index (χ4v) is 1.67. The standard InChI is InChI=1S/C9H18N6O3/c1-10-7(16)12-5-6(13-8(17)11-2)15(4)9(18)14(5)3/h5-6H,1-4H3,(H2,10,12,16)(H2,11,13,17)/t5-,6+. The van der Waals surface area contributed by atoms with Crippen LogP contribution >= 0.6 is 0 Å². The molecule has 1 fully saturated rings. The van der Waals surface area contributed by atoms with Gasteiger partial charge in [0.25, 0.3) is 0 Å². The van der Waals surface area contributed by atoms with Crippen LogP contribution in [0.25, 0.3) is 0 Å². The number of carbonyl (C=O) groups excluding carboxylic acids is 3. The van der Waals surface area contributed by atoms with Crippen LogP contribution in [0.1, 0.15) is 0 Å². The van der Waals surface area contributed by atoms with Crippen molar-refractivity contribution in [2.75, 3.05) is 28.2 Å². The van der Waals surface area contributed by atoms with E-state index in [1.54, 1.807) is 14.1 Å². The highest BCUT2D eigenvalue weighted by Gasteiger charge is 2.43. The van der Waals surface area contributed by atoms with Gasteiger partial charge in [0, 0.05) is 28.2 Å². The highest BCUT2D eigenvalue weighted by Crippen LogP contribution is 2.15. The van der Waals surface area contributed by atoms with Gasteiger partial charge in [-0.15, -0.1) is 0 Å². The van der Waals surface area contributed by atoms with E-state index in [-0.39, 0.29) is 6.03 Å². The van der Waals surface area contributed by atoms with E-state index < -0.39 is 24.4 Å². The van der Waals surface area contributed by atoms with Crippen molar-refractivity contribution in [3.8, 4) is 0 Å².